The fourth-order valence-corrected chi connectivity index (χ4v) is 1.47. The minimum Gasteiger partial charge on any atom is -0.494 e. The molecule has 0 amide bonds. The van der Waals surface area contributed by atoms with Gasteiger partial charge >= 0.3 is 0 Å². The van der Waals surface area contributed by atoms with Crippen LogP contribution in [0.4, 0.5) is 4.39 Å². The van der Waals surface area contributed by atoms with Gasteiger partial charge in [-0.1, -0.05) is 36.4 Å². The van der Waals surface area contributed by atoms with Gasteiger partial charge < -0.3 is 4.74 Å². The van der Waals surface area contributed by atoms with Crippen molar-refractivity contribution in [1.29, 1.82) is 0 Å². The summed E-state index contributed by atoms with van der Waals surface area (Å²) in [5, 5.41) is 0. The van der Waals surface area contributed by atoms with E-state index in [0.717, 1.165) is 11.1 Å². The first-order valence-electron chi connectivity index (χ1n) is 4.70. The average molecular weight is 202 g/mol. The number of hydrogen-bond donors (Lipinski definition) is 0. The molecule has 0 aliphatic heterocycles. The van der Waals surface area contributed by atoms with Crippen molar-refractivity contribution in [3.63, 3.8) is 0 Å². The van der Waals surface area contributed by atoms with E-state index in [4.69, 9.17) is 4.74 Å². The average Bonchev–Trinajstić information content (AvgIpc) is 2.31. The van der Waals surface area contributed by atoms with Gasteiger partial charge in [-0.25, -0.2) is 4.39 Å². The molecule has 2 aromatic rings. The molecule has 0 heterocycles. The van der Waals surface area contributed by atoms with Gasteiger partial charge in [-0.2, -0.15) is 0 Å². The van der Waals surface area contributed by atoms with Gasteiger partial charge in [0.25, 0.3) is 0 Å². The molecule has 2 rings (SSSR count). The Labute approximate surface area is 88.1 Å². The largest absolute Gasteiger partial charge is 0.494 e. The van der Waals surface area contributed by atoms with E-state index < -0.39 is 0 Å². The molecule has 2 heteroatoms. The third-order valence-electron chi connectivity index (χ3n) is 2.26. The van der Waals surface area contributed by atoms with Crippen LogP contribution in [-0.2, 0) is 0 Å². The van der Waals surface area contributed by atoms with Crippen LogP contribution >= 0.6 is 0 Å². The van der Waals surface area contributed by atoms with Crippen LogP contribution in [0, 0.1) is 5.82 Å². The van der Waals surface area contributed by atoms with Crippen molar-refractivity contribution in [1.82, 2.24) is 0 Å². The van der Waals surface area contributed by atoms with Crippen LogP contribution in [0.25, 0.3) is 11.1 Å². The molecule has 0 fully saturated rings. The summed E-state index contributed by atoms with van der Waals surface area (Å²) >= 11 is 0. The van der Waals surface area contributed by atoms with E-state index in [0.29, 0.717) is 0 Å². The summed E-state index contributed by atoms with van der Waals surface area (Å²) in [5.74, 6) is -0.0615. The molecule has 15 heavy (non-hydrogen) atoms. The van der Waals surface area contributed by atoms with Gasteiger partial charge in [0.2, 0.25) is 0 Å². The van der Waals surface area contributed by atoms with Crippen LogP contribution in [-0.4, -0.2) is 7.11 Å². The zero-order chi connectivity index (χ0) is 10.7. The van der Waals surface area contributed by atoms with Crippen molar-refractivity contribution < 1.29 is 9.13 Å². The monoisotopic (exact) mass is 202 g/mol. The molecule has 0 atom stereocenters. The van der Waals surface area contributed by atoms with Crippen molar-refractivity contribution in [2.75, 3.05) is 7.11 Å². The van der Waals surface area contributed by atoms with E-state index in [2.05, 4.69) is 0 Å². The Morgan fingerprint density at radius 1 is 0.933 bits per heavy atom. The SMILES string of the molecule is COc1cc(-c2ccccc2)ccc1F. The first-order valence-corrected chi connectivity index (χ1v) is 4.70. The summed E-state index contributed by atoms with van der Waals surface area (Å²) in [7, 11) is 1.47. The fraction of sp³-hybridized carbons (Fsp3) is 0.0769. The summed E-state index contributed by atoms with van der Waals surface area (Å²) < 4.78 is 18.1. The van der Waals surface area contributed by atoms with E-state index in [1.54, 1.807) is 12.1 Å². The molecule has 2 aromatic carbocycles. The summed E-state index contributed by atoms with van der Waals surface area (Å²) in [5.41, 5.74) is 2.00. The van der Waals surface area contributed by atoms with Gasteiger partial charge in [0.15, 0.2) is 11.6 Å². The van der Waals surface area contributed by atoms with Gasteiger partial charge in [-0.05, 0) is 23.3 Å². The van der Waals surface area contributed by atoms with Gasteiger partial charge in [0.1, 0.15) is 0 Å². The Morgan fingerprint density at radius 3 is 2.33 bits per heavy atom. The lowest BCUT2D eigenvalue weighted by Gasteiger charge is -2.05. The number of rotatable bonds is 2. The minimum atomic E-state index is -0.336. The predicted molar refractivity (Wildman–Crippen MR) is 58.4 cm³/mol. The molecule has 0 spiro atoms. The number of hydrogen-bond acceptors (Lipinski definition) is 1. The molecule has 0 saturated heterocycles. The first kappa shape index (κ1) is 9.71. The number of ether oxygens (including phenoxy) is 1. The van der Waals surface area contributed by atoms with Crippen LogP contribution in [0.15, 0.2) is 48.5 Å². The van der Waals surface area contributed by atoms with Crippen molar-refractivity contribution >= 4 is 0 Å². The Hall–Kier alpha value is -1.83. The highest BCUT2D eigenvalue weighted by molar-refractivity contribution is 5.64. The molecule has 76 valence electrons. The fourth-order valence-electron chi connectivity index (χ4n) is 1.47. The maximum absolute atomic E-state index is 13.2. The normalized spacial score (nSPS) is 10.0. The molecule has 0 radical (unpaired) electrons. The third-order valence-corrected chi connectivity index (χ3v) is 2.26. The summed E-state index contributed by atoms with van der Waals surface area (Å²) in [6, 6.07) is 14.7. The molecule has 0 aromatic heterocycles. The minimum absolute atomic E-state index is 0.274. The molecular formula is C13H11FO. The standard InChI is InChI=1S/C13H11FO/c1-15-13-9-11(7-8-12(13)14)10-5-3-2-4-6-10/h2-9H,1H3. The van der Waals surface area contributed by atoms with Crippen molar-refractivity contribution in [2.24, 2.45) is 0 Å². The lowest BCUT2D eigenvalue weighted by Crippen LogP contribution is -1.88. The van der Waals surface area contributed by atoms with Gasteiger partial charge in [-0.3, -0.25) is 0 Å². The molecule has 0 aliphatic rings. The zero-order valence-corrected chi connectivity index (χ0v) is 8.41. The van der Waals surface area contributed by atoms with E-state index in [-0.39, 0.29) is 11.6 Å². The van der Waals surface area contributed by atoms with E-state index in [1.807, 2.05) is 30.3 Å². The Bertz CT molecular complexity index is 451. The third kappa shape index (κ3) is 1.99. The maximum atomic E-state index is 13.2. The molecule has 0 saturated carbocycles. The number of benzene rings is 2. The van der Waals surface area contributed by atoms with Gasteiger partial charge in [0.05, 0.1) is 7.11 Å². The van der Waals surface area contributed by atoms with Crippen LogP contribution < -0.4 is 4.74 Å². The highest BCUT2D eigenvalue weighted by Crippen LogP contribution is 2.25. The van der Waals surface area contributed by atoms with Gasteiger partial charge in [0, 0.05) is 0 Å². The second-order valence-electron chi connectivity index (χ2n) is 3.22. The number of methoxy groups -OCH3 is 1. The summed E-state index contributed by atoms with van der Waals surface area (Å²) in [4.78, 5) is 0. The van der Waals surface area contributed by atoms with Crippen LogP contribution in [0.1, 0.15) is 0 Å². The topological polar surface area (TPSA) is 9.23 Å². The smallest absolute Gasteiger partial charge is 0.165 e. The molecule has 1 nitrogen and oxygen atoms in total. The predicted octanol–water partition coefficient (Wildman–Crippen LogP) is 3.50. The maximum Gasteiger partial charge on any atom is 0.165 e. The van der Waals surface area contributed by atoms with Crippen LogP contribution in [0.3, 0.4) is 0 Å². The molecular weight excluding hydrogens is 191 g/mol. The van der Waals surface area contributed by atoms with E-state index in [1.165, 1.54) is 13.2 Å². The van der Waals surface area contributed by atoms with E-state index in [9.17, 15) is 4.39 Å². The van der Waals surface area contributed by atoms with Crippen molar-refractivity contribution in [2.45, 2.75) is 0 Å². The quantitative estimate of drug-likeness (QED) is 0.724. The highest BCUT2D eigenvalue weighted by Gasteiger charge is 2.04. The van der Waals surface area contributed by atoms with Crippen LogP contribution in [0.2, 0.25) is 0 Å². The van der Waals surface area contributed by atoms with Crippen molar-refractivity contribution in [3.05, 3.63) is 54.3 Å². The lowest BCUT2D eigenvalue weighted by atomic mass is 10.1. The number of halogens is 1. The van der Waals surface area contributed by atoms with Crippen molar-refractivity contribution in [3.8, 4) is 16.9 Å². The van der Waals surface area contributed by atoms with E-state index >= 15 is 0 Å². The highest BCUT2D eigenvalue weighted by atomic mass is 19.1. The van der Waals surface area contributed by atoms with Gasteiger partial charge in [-0.15, -0.1) is 0 Å². The molecule has 0 bridgehead atoms. The first-order chi connectivity index (χ1) is 7.31. The van der Waals surface area contributed by atoms with Crippen LogP contribution in [0.5, 0.6) is 5.75 Å². The lowest BCUT2D eigenvalue weighted by molar-refractivity contribution is 0.387. The molecule has 0 aliphatic carbocycles. The summed E-state index contributed by atoms with van der Waals surface area (Å²) in [6.07, 6.45) is 0. The second kappa shape index (κ2) is 4.13. The Kier molecular flexibility index (Phi) is 2.68. The molecule has 0 N–H and O–H groups in total. The summed E-state index contributed by atoms with van der Waals surface area (Å²) in [6.45, 7) is 0. The molecule has 0 unspecified atom stereocenters. The zero-order valence-electron chi connectivity index (χ0n) is 8.41. The second-order valence-corrected chi connectivity index (χ2v) is 3.22. The Balaban J connectivity index is 2.46. The Morgan fingerprint density at radius 2 is 1.67 bits per heavy atom.